The Bertz CT molecular complexity index is 5220. The second-order valence-electron chi connectivity index (χ2n) is 26.3. The Balaban J connectivity index is 0.000000111. The number of nitrogen functional groups attached to an aromatic ring is 2. The lowest BCUT2D eigenvalue weighted by atomic mass is 10.1. The van der Waals surface area contributed by atoms with Crippen LogP contribution in [0.15, 0.2) is 331 Å². The van der Waals surface area contributed by atoms with E-state index in [1.165, 1.54) is 58.7 Å². The molecule has 0 saturated carbocycles. The van der Waals surface area contributed by atoms with Gasteiger partial charge in [-0.05, 0) is 194 Å². The summed E-state index contributed by atoms with van der Waals surface area (Å²) >= 11 is 9.17. The van der Waals surface area contributed by atoms with Crippen molar-refractivity contribution >= 4 is 137 Å². The first kappa shape index (κ1) is 76.7. The number of hydrogen-bond donors (Lipinski definition) is 4. The van der Waals surface area contributed by atoms with Crippen molar-refractivity contribution in [3.63, 3.8) is 0 Å². The maximum Gasteiger partial charge on any atom is 0.242 e. The van der Waals surface area contributed by atoms with Gasteiger partial charge < -0.3 is 31.6 Å². The minimum Gasteiger partial charge on any atom is -0.398 e. The third kappa shape index (κ3) is 19.2. The van der Waals surface area contributed by atoms with Crippen LogP contribution >= 0.6 is 80.4 Å². The van der Waals surface area contributed by atoms with E-state index < -0.39 is 0 Å². The highest BCUT2D eigenvalue weighted by molar-refractivity contribution is 8.76. The van der Waals surface area contributed by atoms with Crippen LogP contribution in [0.2, 0.25) is 0 Å². The average Bonchev–Trinajstić information content (AvgIpc) is 1.58. The third-order valence-electron chi connectivity index (χ3n) is 18.6. The summed E-state index contributed by atoms with van der Waals surface area (Å²) in [6, 6.07) is 75.4. The van der Waals surface area contributed by atoms with Gasteiger partial charge >= 0.3 is 0 Å². The fourth-order valence-electron chi connectivity index (χ4n) is 13.2. The number of pyridine rings is 5. The minimum atomic E-state index is -0.187. The Hall–Kier alpha value is -10.0. The molecule has 24 heteroatoms. The van der Waals surface area contributed by atoms with Gasteiger partial charge in [-0.15, -0.1) is 63.7 Å². The number of hydrazone groups is 1. The van der Waals surface area contributed by atoms with E-state index in [4.69, 9.17) is 11.5 Å². The van der Waals surface area contributed by atoms with E-state index in [1.807, 2.05) is 208 Å². The molecule has 7 aromatic carbocycles. The number of nitrogens with one attached hydrogen (secondary N) is 2. The standard InChI is InChI=1S/C19H19N3S.C16H17N3S.C13H11N3OS.C13H10N2OS.C13H12N2S.C12H12N2S2/c1-21-10-7-16-15(11-21)14-3-2-4-17-19(14)22(16)12-18(23-17)13-5-8-20-9-6-13;1-12(2)18-19-11-16(13-7-9-17-10-8-13)20-15-6-4-3-5-14(15)19;17-15-16-9-13(10-5-7-14-8-6-10)18-12-4-2-1-3-11(12)16;16-13-12(9-5-7-14-8-6-9)17-11-4-2-1-3-10(11)15-13;1-2-4-12-11(3-1)15-9-13(16-12)10-5-7-14-8-6-10;13-9-5-1-3-7-11(9)15-16-12-8-4-2-6-10(12)14/h2-6,8-9,18H,7,10-12H2,1H3;3-10,16H,11H2,1-2H3;1-8,13H,9H2;1-8,12H,(H,15,16);1-8,13,15H,9H2;1-8H,13-14H2. The van der Waals surface area contributed by atoms with Gasteiger partial charge in [0.2, 0.25) is 5.91 Å². The summed E-state index contributed by atoms with van der Waals surface area (Å²) in [7, 11) is 5.48. The molecular weight excluding hydrogens is 1500 g/mol. The van der Waals surface area contributed by atoms with E-state index in [9.17, 15) is 9.70 Å². The van der Waals surface area contributed by atoms with Gasteiger partial charge in [0, 0.05) is 163 Å². The molecule has 110 heavy (non-hydrogen) atoms. The number of para-hydroxylation sites is 7. The molecule has 0 bridgehead atoms. The zero-order chi connectivity index (χ0) is 75.6. The Morgan fingerprint density at radius 2 is 0.891 bits per heavy atom. The molecule has 6 aliphatic rings. The molecule has 5 atom stereocenters. The van der Waals surface area contributed by atoms with E-state index in [-0.39, 0.29) is 16.4 Å². The molecule has 17 nitrogen and oxygen atoms in total. The zero-order valence-electron chi connectivity index (χ0n) is 60.7. The number of carbonyl (C=O) groups is 1. The number of nitroso groups, excluding NO2 is 1. The second kappa shape index (κ2) is 37.6. The van der Waals surface area contributed by atoms with Gasteiger partial charge in [0.05, 0.1) is 62.0 Å². The van der Waals surface area contributed by atoms with Gasteiger partial charge in [0.25, 0.3) is 0 Å². The maximum absolute atomic E-state index is 12.0. The molecule has 6 aromatic heterocycles. The van der Waals surface area contributed by atoms with Crippen LogP contribution < -0.4 is 32.1 Å². The highest BCUT2D eigenvalue weighted by Gasteiger charge is 2.33. The number of amides is 1. The number of anilines is 6. The van der Waals surface area contributed by atoms with E-state index >= 15 is 0 Å². The van der Waals surface area contributed by atoms with Crippen molar-refractivity contribution in [2.75, 3.05) is 65.3 Å². The topological polar surface area (TPSA) is 214 Å². The molecule has 1 amide bonds. The van der Waals surface area contributed by atoms with Crippen molar-refractivity contribution in [2.45, 2.75) is 93.9 Å². The lowest BCUT2D eigenvalue weighted by Crippen LogP contribution is -2.27. The fourth-order valence-corrected chi connectivity index (χ4v) is 21.6. The summed E-state index contributed by atoms with van der Waals surface area (Å²) in [5.41, 5.74) is 29.3. The number of nitrogens with two attached hydrogens (primary N) is 2. The smallest absolute Gasteiger partial charge is 0.242 e. The predicted octanol–water partition coefficient (Wildman–Crippen LogP) is 21.3. The number of aromatic nitrogens is 6. The molecule has 0 fully saturated rings. The van der Waals surface area contributed by atoms with Gasteiger partial charge in [0.15, 0.2) is 0 Å². The lowest BCUT2D eigenvalue weighted by Gasteiger charge is -2.32. The average molecular weight is 1580 g/mol. The van der Waals surface area contributed by atoms with E-state index in [1.54, 1.807) is 81.2 Å². The van der Waals surface area contributed by atoms with Crippen molar-refractivity contribution in [2.24, 2.45) is 10.4 Å². The summed E-state index contributed by atoms with van der Waals surface area (Å²) in [6.07, 6.45) is 19.4. The number of fused-ring (bicyclic) bond motifs is 7. The van der Waals surface area contributed by atoms with E-state index in [0.29, 0.717) is 22.3 Å². The molecule has 5 unspecified atom stereocenters. The molecule has 13 aromatic rings. The number of rotatable bonds is 10. The van der Waals surface area contributed by atoms with Gasteiger partial charge in [-0.2, -0.15) is 5.10 Å². The van der Waals surface area contributed by atoms with Gasteiger partial charge in [-0.25, -0.2) is 5.01 Å². The minimum absolute atomic E-state index is 0.0277. The highest BCUT2D eigenvalue weighted by Crippen LogP contribution is 2.51. The normalized spacial score (nSPS) is 17.5. The number of thioether (sulfide) groups is 5. The monoisotopic (exact) mass is 1580 g/mol. The zero-order valence-corrected chi connectivity index (χ0v) is 66.4. The Labute approximate surface area is 670 Å². The quantitative estimate of drug-likeness (QED) is 0.0433. The van der Waals surface area contributed by atoms with Gasteiger partial charge in [-0.1, -0.05) is 107 Å². The van der Waals surface area contributed by atoms with Crippen molar-refractivity contribution in [3.05, 3.63) is 330 Å². The molecule has 12 heterocycles. The first-order chi connectivity index (χ1) is 54.0. The summed E-state index contributed by atoms with van der Waals surface area (Å²) in [5.74, 6) is 0.0277. The van der Waals surface area contributed by atoms with Gasteiger partial charge in [-0.3, -0.25) is 34.7 Å². The lowest BCUT2D eigenvalue weighted by molar-refractivity contribution is -0.115. The van der Waals surface area contributed by atoms with Gasteiger partial charge in [0.1, 0.15) is 5.25 Å². The number of hydrogen-bond acceptors (Lipinski definition) is 21. The first-order valence-corrected chi connectivity index (χ1v) is 42.5. The maximum atomic E-state index is 12.0. The molecule has 554 valence electrons. The molecule has 0 aliphatic carbocycles. The molecular formula is C86H81N15O2S7. The van der Waals surface area contributed by atoms with Crippen molar-refractivity contribution in [3.8, 4) is 0 Å². The van der Waals surface area contributed by atoms with Crippen LogP contribution in [0.1, 0.15) is 79.2 Å². The number of likely N-dealkylation sites (N-methyl/N-ethyl adjacent to an activating group) is 1. The van der Waals surface area contributed by atoms with Crippen LogP contribution in [-0.2, 0) is 24.3 Å². The fraction of sp³-hybridized carbons (Fsp3) is 0.174. The molecule has 19 rings (SSSR count). The van der Waals surface area contributed by atoms with Crippen LogP contribution in [-0.4, -0.2) is 79.2 Å². The predicted molar refractivity (Wildman–Crippen MR) is 462 cm³/mol. The summed E-state index contributed by atoms with van der Waals surface area (Å²) in [5, 5.41) is 20.7. The number of benzene rings is 7. The van der Waals surface area contributed by atoms with Crippen LogP contribution in [0.5, 0.6) is 0 Å². The van der Waals surface area contributed by atoms with E-state index in [2.05, 4.69) is 171 Å². The molecule has 0 radical (unpaired) electrons. The van der Waals surface area contributed by atoms with Crippen LogP contribution in [0.4, 0.5) is 34.1 Å². The Morgan fingerprint density at radius 1 is 0.464 bits per heavy atom. The third-order valence-corrected chi connectivity index (χ3v) is 27.7. The van der Waals surface area contributed by atoms with Crippen LogP contribution in [0.3, 0.4) is 0 Å². The first-order valence-electron chi connectivity index (χ1n) is 36.0. The van der Waals surface area contributed by atoms with Crippen LogP contribution in [0.25, 0.3) is 10.9 Å². The molecule has 0 spiro atoms. The summed E-state index contributed by atoms with van der Waals surface area (Å²) < 4.78 is 2.61. The van der Waals surface area contributed by atoms with Crippen LogP contribution in [0, 0.1) is 4.91 Å². The van der Waals surface area contributed by atoms with Crippen molar-refractivity contribution in [1.82, 2.24) is 34.4 Å². The molecule has 6 aliphatic heterocycles. The summed E-state index contributed by atoms with van der Waals surface area (Å²) in [6.45, 7) is 9.83. The SMILES string of the molecule is CC(C)=NN1CC(c2ccncc2)Sc2ccccc21.CN1CCc2c(c3cccc4c3n2CC(c2ccncc2)S4)C1.Nc1ccccc1SSc1ccccc1N.O=C1Nc2ccccc2SC1c1ccncc1.O=NN1CC(c2ccncc2)Sc2ccccc21.c1ccc2c(c1)NCC(c1ccncc1)S2. The number of carbonyl (C=O) groups excluding carboxylic acids is 1. The van der Waals surface area contributed by atoms with Crippen molar-refractivity contribution in [1.29, 1.82) is 0 Å². The molecule has 0 saturated heterocycles. The van der Waals surface area contributed by atoms with Crippen molar-refractivity contribution < 1.29 is 4.79 Å². The second-order valence-corrected chi connectivity index (χ2v) is 34.7. The Morgan fingerprint density at radius 3 is 1.43 bits per heavy atom. The highest BCUT2D eigenvalue weighted by atomic mass is 33.1. The number of nitrogens with zero attached hydrogens (tertiary/aromatic N) is 11. The molecule has 6 N–H and O–H groups in total. The largest absolute Gasteiger partial charge is 0.398 e. The Kier molecular flexibility index (Phi) is 26.2. The summed E-state index contributed by atoms with van der Waals surface area (Å²) in [4.78, 5) is 54.1. The van der Waals surface area contributed by atoms with E-state index in [0.717, 1.165) is 98.3 Å².